The van der Waals surface area contributed by atoms with E-state index in [0.29, 0.717) is 24.9 Å². The van der Waals surface area contributed by atoms with E-state index in [4.69, 9.17) is 5.11 Å². The topological polar surface area (TPSA) is 86.6 Å². The van der Waals surface area contributed by atoms with Crippen LogP contribution in [0.2, 0.25) is 0 Å². The zero-order valence-corrected chi connectivity index (χ0v) is 11.7. The van der Waals surface area contributed by atoms with Crippen LogP contribution in [0.3, 0.4) is 0 Å². The van der Waals surface area contributed by atoms with E-state index in [2.05, 4.69) is 5.32 Å². The van der Waals surface area contributed by atoms with Crippen LogP contribution in [0.1, 0.15) is 43.8 Å². The molecule has 1 atom stereocenters. The van der Waals surface area contributed by atoms with Crippen molar-refractivity contribution >= 4 is 11.9 Å². The molecule has 1 rings (SSSR count). The number of hydrogen-bond acceptors (Lipinski definition) is 3. The Bertz CT molecular complexity index is 478. The Hall–Kier alpha value is -1.95. The molecule has 1 aromatic rings. The summed E-state index contributed by atoms with van der Waals surface area (Å²) >= 11 is 0. The highest BCUT2D eigenvalue weighted by atomic mass is 19.1. The van der Waals surface area contributed by atoms with Gasteiger partial charge in [-0.15, -0.1) is 0 Å². The lowest BCUT2D eigenvalue weighted by Crippen LogP contribution is -2.26. The maximum Gasteiger partial charge on any atom is 0.303 e. The van der Waals surface area contributed by atoms with Crippen LogP contribution >= 0.6 is 0 Å². The molecule has 116 valence electrons. The van der Waals surface area contributed by atoms with E-state index >= 15 is 0 Å². The lowest BCUT2D eigenvalue weighted by molar-refractivity contribution is -0.137. The molecule has 1 aromatic carbocycles. The number of halogens is 1. The van der Waals surface area contributed by atoms with Gasteiger partial charge >= 0.3 is 5.97 Å². The molecule has 0 bridgehead atoms. The van der Waals surface area contributed by atoms with Crippen LogP contribution < -0.4 is 5.32 Å². The Morgan fingerprint density at radius 3 is 2.67 bits per heavy atom. The van der Waals surface area contributed by atoms with Gasteiger partial charge in [0, 0.05) is 13.0 Å². The summed E-state index contributed by atoms with van der Waals surface area (Å²) < 4.78 is 13.0. The zero-order valence-electron chi connectivity index (χ0n) is 11.7. The Balaban J connectivity index is 2.20. The molecule has 0 saturated carbocycles. The number of aliphatic carboxylic acids is 1. The van der Waals surface area contributed by atoms with Crippen molar-refractivity contribution in [1.29, 1.82) is 0 Å². The molecule has 3 N–H and O–H groups in total. The molecule has 6 heteroatoms. The number of carbonyl (C=O) groups excluding carboxylic acids is 1. The van der Waals surface area contributed by atoms with Crippen molar-refractivity contribution < 1.29 is 24.2 Å². The van der Waals surface area contributed by atoms with Gasteiger partial charge < -0.3 is 15.5 Å². The molecule has 21 heavy (non-hydrogen) atoms. The lowest BCUT2D eigenvalue weighted by Gasteiger charge is -2.11. The van der Waals surface area contributed by atoms with Crippen LogP contribution in [0.25, 0.3) is 0 Å². The fourth-order valence-corrected chi connectivity index (χ4v) is 1.89. The number of rotatable bonds is 9. The summed E-state index contributed by atoms with van der Waals surface area (Å²) in [6.45, 7) is 0.439. The van der Waals surface area contributed by atoms with E-state index in [1.807, 2.05) is 0 Å². The number of carboxylic acids is 1. The first-order valence-corrected chi connectivity index (χ1v) is 6.91. The zero-order chi connectivity index (χ0) is 15.7. The van der Waals surface area contributed by atoms with Crippen molar-refractivity contribution in [2.75, 3.05) is 6.54 Å². The number of aliphatic hydroxyl groups excluding tert-OH is 1. The molecular weight excluding hydrogens is 277 g/mol. The SMILES string of the molecule is O=C(O)CCCCCNC(=O)CC(O)c1cccc(F)c1. The largest absolute Gasteiger partial charge is 0.481 e. The van der Waals surface area contributed by atoms with Crippen molar-refractivity contribution in [1.82, 2.24) is 5.32 Å². The maximum atomic E-state index is 13.0. The molecule has 0 saturated heterocycles. The number of carbonyl (C=O) groups is 2. The van der Waals surface area contributed by atoms with Gasteiger partial charge in [-0.05, 0) is 30.5 Å². The van der Waals surface area contributed by atoms with E-state index in [1.54, 1.807) is 6.07 Å². The van der Waals surface area contributed by atoms with E-state index in [9.17, 15) is 19.1 Å². The van der Waals surface area contributed by atoms with Crippen molar-refractivity contribution in [3.05, 3.63) is 35.6 Å². The molecule has 1 unspecified atom stereocenters. The molecule has 0 aliphatic heterocycles. The first kappa shape index (κ1) is 17.1. The second-order valence-electron chi connectivity index (χ2n) is 4.83. The summed E-state index contributed by atoms with van der Waals surface area (Å²) in [7, 11) is 0. The standard InChI is InChI=1S/C15H20FNO4/c16-12-6-4-5-11(9-12)13(18)10-14(19)17-8-3-1-2-7-15(20)21/h4-6,9,13,18H,1-3,7-8,10H2,(H,17,19)(H,20,21). The number of carboxylic acid groups (broad SMARTS) is 1. The maximum absolute atomic E-state index is 13.0. The van der Waals surface area contributed by atoms with Crippen molar-refractivity contribution in [2.24, 2.45) is 0 Å². The van der Waals surface area contributed by atoms with Crippen LogP contribution in [-0.4, -0.2) is 28.6 Å². The van der Waals surface area contributed by atoms with Gasteiger partial charge in [0.1, 0.15) is 5.82 Å². The van der Waals surface area contributed by atoms with Gasteiger partial charge in [0.25, 0.3) is 0 Å². The Labute approximate surface area is 122 Å². The van der Waals surface area contributed by atoms with Gasteiger partial charge in [0.05, 0.1) is 12.5 Å². The fraction of sp³-hybridized carbons (Fsp3) is 0.467. The third-order valence-electron chi connectivity index (χ3n) is 3.00. The molecule has 0 heterocycles. The van der Waals surface area contributed by atoms with Crippen LogP contribution in [0.5, 0.6) is 0 Å². The molecule has 0 aromatic heterocycles. The monoisotopic (exact) mass is 297 g/mol. The summed E-state index contributed by atoms with van der Waals surface area (Å²) in [4.78, 5) is 21.9. The fourth-order valence-electron chi connectivity index (χ4n) is 1.89. The van der Waals surface area contributed by atoms with Crippen LogP contribution in [0.15, 0.2) is 24.3 Å². The normalized spacial score (nSPS) is 11.9. The summed E-state index contributed by atoms with van der Waals surface area (Å²) in [5.74, 6) is -1.59. The molecule has 1 amide bonds. The number of nitrogens with one attached hydrogen (secondary N) is 1. The molecule has 0 aliphatic rings. The second-order valence-corrected chi connectivity index (χ2v) is 4.83. The van der Waals surface area contributed by atoms with E-state index in [0.717, 1.165) is 6.42 Å². The van der Waals surface area contributed by atoms with Crippen molar-refractivity contribution in [2.45, 2.75) is 38.2 Å². The smallest absolute Gasteiger partial charge is 0.303 e. The number of hydrogen-bond donors (Lipinski definition) is 3. The number of amides is 1. The van der Waals surface area contributed by atoms with Crippen LogP contribution in [0.4, 0.5) is 4.39 Å². The third-order valence-corrected chi connectivity index (χ3v) is 3.00. The first-order chi connectivity index (χ1) is 9.99. The Kier molecular flexibility index (Phi) is 7.39. The van der Waals surface area contributed by atoms with Crippen molar-refractivity contribution in [3.63, 3.8) is 0 Å². The molecule has 5 nitrogen and oxygen atoms in total. The van der Waals surface area contributed by atoms with Gasteiger partial charge in [-0.2, -0.15) is 0 Å². The summed E-state index contributed by atoms with van der Waals surface area (Å²) in [6.07, 6.45) is 0.962. The molecule has 0 aliphatic carbocycles. The molecule has 0 radical (unpaired) electrons. The van der Waals surface area contributed by atoms with E-state index in [1.165, 1.54) is 18.2 Å². The summed E-state index contributed by atoms with van der Waals surface area (Å²) in [6, 6.07) is 5.51. The highest BCUT2D eigenvalue weighted by Gasteiger charge is 2.13. The summed E-state index contributed by atoms with van der Waals surface area (Å²) in [5, 5.41) is 20.9. The van der Waals surface area contributed by atoms with Crippen molar-refractivity contribution in [3.8, 4) is 0 Å². The Morgan fingerprint density at radius 2 is 2.00 bits per heavy atom. The quantitative estimate of drug-likeness (QED) is 0.609. The first-order valence-electron chi connectivity index (χ1n) is 6.91. The number of aliphatic hydroxyl groups is 1. The van der Waals surface area contributed by atoms with Gasteiger partial charge in [-0.25, -0.2) is 4.39 Å². The minimum absolute atomic E-state index is 0.126. The van der Waals surface area contributed by atoms with Crippen LogP contribution in [-0.2, 0) is 9.59 Å². The second kappa shape index (κ2) is 9.07. The minimum atomic E-state index is -1.03. The van der Waals surface area contributed by atoms with Gasteiger partial charge in [0.2, 0.25) is 5.91 Å². The van der Waals surface area contributed by atoms with Crippen LogP contribution in [0, 0.1) is 5.82 Å². The molecule has 0 fully saturated rings. The highest BCUT2D eigenvalue weighted by molar-refractivity contribution is 5.76. The average molecular weight is 297 g/mol. The number of unbranched alkanes of at least 4 members (excludes halogenated alkanes) is 2. The molecular formula is C15H20FNO4. The van der Waals surface area contributed by atoms with Gasteiger partial charge in [-0.1, -0.05) is 18.6 Å². The Morgan fingerprint density at radius 1 is 1.24 bits per heavy atom. The van der Waals surface area contributed by atoms with Gasteiger partial charge in [0.15, 0.2) is 0 Å². The average Bonchev–Trinajstić information content (AvgIpc) is 2.42. The minimum Gasteiger partial charge on any atom is -0.481 e. The lowest BCUT2D eigenvalue weighted by atomic mass is 10.1. The predicted octanol–water partition coefficient (Wildman–Crippen LogP) is 2.01. The summed E-state index contributed by atoms with van der Waals surface area (Å²) in [5.41, 5.74) is 0.367. The predicted molar refractivity (Wildman–Crippen MR) is 75.1 cm³/mol. The van der Waals surface area contributed by atoms with E-state index < -0.39 is 17.9 Å². The highest BCUT2D eigenvalue weighted by Crippen LogP contribution is 2.17. The van der Waals surface area contributed by atoms with Gasteiger partial charge in [-0.3, -0.25) is 9.59 Å². The third kappa shape index (κ3) is 7.41. The van der Waals surface area contributed by atoms with E-state index in [-0.39, 0.29) is 18.7 Å². The number of benzene rings is 1. The molecule has 0 spiro atoms.